The van der Waals surface area contributed by atoms with Crippen LogP contribution >= 0.6 is 12.2 Å². The van der Waals surface area contributed by atoms with E-state index >= 15 is 0 Å². The second-order valence-corrected chi connectivity index (χ2v) is 2.31. The number of rotatable bonds is 0. The van der Waals surface area contributed by atoms with Gasteiger partial charge in [-0.05, 0) is 18.3 Å². The lowest BCUT2D eigenvalue weighted by molar-refractivity contribution is 1.06. The maximum Gasteiger partial charge on any atom is 0.205 e. The molecule has 0 aliphatic carbocycles. The van der Waals surface area contributed by atoms with E-state index in [2.05, 4.69) is 9.97 Å². The number of fused-ring (bicyclic) bond motifs is 1. The molecule has 10 heavy (non-hydrogen) atoms. The standard InChI is InChI=1S/C6H5N3S/c10-6-8-2-1-5-7-3-4-9(5)6/h1-4,7H. The van der Waals surface area contributed by atoms with Gasteiger partial charge in [0.15, 0.2) is 0 Å². The van der Waals surface area contributed by atoms with Crippen LogP contribution < -0.4 is 0 Å². The van der Waals surface area contributed by atoms with Gasteiger partial charge in [-0.2, -0.15) is 0 Å². The van der Waals surface area contributed by atoms with Crippen LogP contribution in [0.5, 0.6) is 0 Å². The number of hydrogen-bond donors (Lipinski definition) is 1. The highest BCUT2D eigenvalue weighted by molar-refractivity contribution is 7.71. The molecule has 4 heteroatoms. The van der Waals surface area contributed by atoms with Crippen molar-refractivity contribution in [2.24, 2.45) is 0 Å². The second-order valence-electron chi connectivity index (χ2n) is 1.94. The topological polar surface area (TPSA) is 33.1 Å². The van der Waals surface area contributed by atoms with Crippen molar-refractivity contribution < 1.29 is 0 Å². The minimum absolute atomic E-state index is 0.582. The molecule has 0 spiro atoms. The van der Waals surface area contributed by atoms with Crippen molar-refractivity contribution >= 4 is 17.9 Å². The maximum absolute atomic E-state index is 4.94. The number of hydrogen-bond acceptors (Lipinski definition) is 2. The molecule has 0 bridgehead atoms. The lowest BCUT2D eigenvalue weighted by Gasteiger charge is -1.88. The van der Waals surface area contributed by atoms with Crippen molar-refractivity contribution in [2.75, 3.05) is 0 Å². The van der Waals surface area contributed by atoms with E-state index in [-0.39, 0.29) is 0 Å². The fraction of sp³-hybridized carbons (Fsp3) is 0. The van der Waals surface area contributed by atoms with E-state index in [4.69, 9.17) is 12.2 Å². The van der Waals surface area contributed by atoms with Gasteiger partial charge in [0.1, 0.15) is 5.65 Å². The summed E-state index contributed by atoms with van der Waals surface area (Å²) in [7, 11) is 0. The molecule has 0 atom stereocenters. The number of aromatic nitrogens is 3. The third-order valence-electron chi connectivity index (χ3n) is 1.34. The van der Waals surface area contributed by atoms with Crippen LogP contribution in [0.4, 0.5) is 0 Å². The zero-order valence-corrected chi connectivity index (χ0v) is 5.93. The Kier molecular flexibility index (Phi) is 1.07. The van der Waals surface area contributed by atoms with Crippen LogP contribution in [0.15, 0.2) is 24.7 Å². The van der Waals surface area contributed by atoms with Crippen molar-refractivity contribution in [3.8, 4) is 0 Å². The smallest absolute Gasteiger partial charge is 0.205 e. The Morgan fingerprint density at radius 3 is 3.30 bits per heavy atom. The first-order valence-corrected chi connectivity index (χ1v) is 3.29. The molecule has 0 amide bonds. The minimum Gasteiger partial charge on any atom is -0.346 e. The van der Waals surface area contributed by atoms with Crippen molar-refractivity contribution in [1.29, 1.82) is 0 Å². The first kappa shape index (κ1) is 5.61. The fourth-order valence-corrected chi connectivity index (χ4v) is 1.10. The predicted octanol–water partition coefficient (Wildman–Crippen LogP) is 1.39. The molecule has 0 radical (unpaired) electrons. The summed E-state index contributed by atoms with van der Waals surface area (Å²) >= 11 is 4.94. The second kappa shape index (κ2) is 1.91. The zero-order chi connectivity index (χ0) is 6.97. The molecule has 3 nitrogen and oxygen atoms in total. The molecule has 1 N–H and O–H groups in total. The number of imidazole rings is 1. The number of nitrogens with one attached hydrogen (secondary N) is 1. The molecule has 0 fully saturated rings. The highest BCUT2D eigenvalue weighted by Crippen LogP contribution is 1.97. The van der Waals surface area contributed by atoms with Crippen molar-refractivity contribution in [2.45, 2.75) is 0 Å². The zero-order valence-electron chi connectivity index (χ0n) is 5.11. The molecule has 2 heterocycles. The summed E-state index contributed by atoms with van der Waals surface area (Å²) in [6.07, 6.45) is 5.37. The lowest BCUT2D eigenvalue weighted by atomic mass is 10.6. The predicted molar refractivity (Wildman–Crippen MR) is 40.4 cm³/mol. The van der Waals surface area contributed by atoms with Crippen LogP contribution in [-0.4, -0.2) is 14.4 Å². The molecular formula is C6H5N3S. The molecule has 0 aliphatic rings. The van der Waals surface area contributed by atoms with Crippen LogP contribution in [-0.2, 0) is 0 Å². The third kappa shape index (κ3) is 0.657. The lowest BCUT2D eigenvalue weighted by Crippen LogP contribution is -1.86. The van der Waals surface area contributed by atoms with Crippen LogP contribution in [0.1, 0.15) is 0 Å². The summed E-state index contributed by atoms with van der Waals surface area (Å²) in [6.45, 7) is 0. The van der Waals surface area contributed by atoms with Gasteiger partial charge < -0.3 is 4.98 Å². The van der Waals surface area contributed by atoms with E-state index in [0.717, 1.165) is 5.65 Å². The summed E-state index contributed by atoms with van der Waals surface area (Å²) in [5.74, 6) is 0. The van der Waals surface area contributed by atoms with Crippen LogP contribution in [0.2, 0.25) is 0 Å². The summed E-state index contributed by atoms with van der Waals surface area (Å²) in [6, 6.07) is 1.87. The van der Waals surface area contributed by atoms with Gasteiger partial charge in [0.05, 0.1) is 0 Å². The average molecular weight is 151 g/mol. The monoisotopic (exact) mass is 151 g/mol. The molecule has 2 aromatic rings. The van der Waals surface area contributed by atoms with E-state index in [9.17, 15) is 0 Å². The Bertz CT molecular complexity index is 400. The van der Waals surface area contributed by atoms with Gasteiger partial charge in [-0.25, -0.2) is 4.98 Å². The first-order chi connectivity index (χ1) is 4.88. The van der Waals surface area contributed by atoms with Gasteiger partial charge in [-0.3, -0.25) is 4.40 Å². The van der Waals surface area contributed by atoms with Crippen molar-refractivity contribution in [3.63, 3.8) is 0 Å². The minimum atomic E-state index is 0.582. The number of H-pyrrole nitrogens is 1. The summed E-state index contributed by atoms with van der Waals surface area (Å²) in [5, 5.41) is 0. The van der Waals surface area contributed by atoms with E-state index < -0.39 is 0 Å². The van der Waals surface area contributed by atoms with Crippen LogP contribution in [0.3, 0.4) is 0 Å². The number of nitrogens with zero attached hydrogens (tertiary/aromatic N) is 2. The van der Waals surface area contributed by atoms with E-state index in [1.807, 2.05) is 22.9 Å². The van der Waals surface area contributed by atoms with E-state index in [1.165, 1.54) is 0 Å². The Hall–Kier alpha value is -1.16. The normalized spacial score (nSPS) is 10.4. The molecule has 0 saturated heterocycles. The Morgan fingerprint density at radius 1 is 1.60 bits per heavy atom. The van der Waals surface area contributed by atoms with Gasteiger partial charge >= 0.3 is 0 Å². The number of aromatic amines is 1. The fourth-order valence-electron chi connectivity index (χ4n) is 0.876. The Balaban J connectivity index is 3.09. The van der Waals surface area contributed by atoms with Gasteiger partial charge in [0, 0.05) is 18.6 Å². The molecule has 2 aromatic heterocycles. The quantitative estimate of drug-likeness (QED) is 0.577. The molecule has 0 unspecified atom stereocenters. The van der Waals surface area contributed by atoms with Crippen molar-refractivity contribution in [3.05, 3.63) is 29.4 Å². The SMILES string of the molecule is S=c1nccc2[nH]ccn12. The molecule has 0 aromatic carbocycles. The molecular weight excluding hydrogens is 146 g/mol. The summed E-state index contributed by atoms with van der Waals surface area (Å²) in [5.41, 5.74) is 0.972. The average Bonchev–Trinajstić information content (AvgIpc) is 2.36. The van der Waals surface area contributed by atoms with E-state index in [0.29, 0.717) is 4.77 Å². The molecule has 2 rings (SSSR count). The van der Waals surface area contributed by atoms with E-state index in [1.54, 1.807) is 6.20 Å². The van der Waals surface area contributed by atoms with Crippen molar-refractivity contribution in [1.82, 2.24) is 14.4 Å². The van der Waals surface area contributed by atoms with Gasteiger partial charge in [-0.15, -0.1) is 0 Å². The van der Waals surface area contributed by atoms with Crippen LogP contribution in [0.25, 0.3) is 5.65 Å². The third-order valence-corrected chi connectivity index (χ3v) is 1.64. The molecule has 0 aliphatic heterocycles. The Morgan fingerprint density at radius 2 is 2.50 bits per heavy atom. The molecule has 0 saturated carbocycles. The van der Waals surface area contributed by atoms with Gasteiger partial charge in [0.25, 0.3) is 0 Å². The Labute approximate surface area is 62.3 Å². The van der Waals surface area contributed by atoms with Crippen LogP contribution in [0, 0.1) is 4.77 Å². The summed E-state index contributed by atoms with van der Waals surface area (Å²) in [4.78, 5) is 6.95. The first-order valence-electron chi connectivity index (χ1n) is 2.89. The largest absolute Gasteiger partial charge is 0.346 e. The molecule has 50 valence electrons. The maximum atomic E-state index is 4.94. The van der Waals surface area contributed by atoms with Gasteiger partial charge in [0.2, 0.25) is 4.77 Å². The summed E-state index contributed by atoms with van der Waals surface area (Å²) < 4.78 is 2.40. The highest BCUT2D eigenvalue weighted by atomic mass is 32.1. The van der Waals surface area contributed by atoms with Gasteiger partial charge in [-0.1, -0.05) is 0 Å². The highest BCUT2D eigenvalue weighted by Gasteiger charge is 1.89.